The molecule has 0 unspecified atom stereocenters. The Kier molecular flexibility index (Phi) is 12.5. The van der Waals surface area contributed by atoms with Gasteiger partial charge in [0.05, 0.1) is 17.6 Å². The zero-order valence-electron chi connectivity index (χ0n) is 24.8. The Hall–Kier alpha value is -4.96. The van der Waals surface area contributed by atoms with Gasteiger partial charge in [-0.05, 0) is 68.1 Å². The summed E-state index contributed by atoms with van der Waals surface area (Å²) in [6.07, 6.45) is 15.4. The SMILES string of the molecule is C#C.C=C(CC(C)C)Nc1cncc(C(=C)/C(F)=C(CC(=C)Nc2ccnc(-c3ccc(F)cc3)c2C)\C(N)=C/C)c1. The Labute approximate surface area is 248 Å². The van der Waals surface area contributed by atoms with Gasteiger partial charge in [-0.1, -0.05) is 39.7 Å². The summed E-state index contributed by atoms with van der Waals surface area (Å²) in [7, 11) is 0. The fourth-order valence-electron chi connectivity index (χ4n) is 4.23. The first-order valence-corrected chi connectivity index (χ1v) is 13.4. The number of pyridine rings is 2. The standard InChI is InChI=1S/C33H37F2N5.C2H2/c1-8-30(36)29(32(35)23(6)26-17-28(19-37-18-26)39-21(4)15-20(2)3)16-22(5)40-31-13-14-38-33(24(31)7)25-9-11-27(34)12-10-25;1-2/h8-14,17-20,39H,4-6,15-16,36H2,1-3,7H3,(H,38,40);1-2H/b30-8+,32-29+;. The quantitative estimate of drug-likeness (QED) is 0.150. The predicted molar refractivity (Wildman–Crippen MR) is 173 cm³/mol. The van der Waals surface area contributed by atoms with Crippen molar-refractivity contribution in [3.63, 3.8) is 0 Å². The molecular weight excluding hydrogens is 528 g/mol. The number of nitrogens with two attached hydrogens (primary N) is 1. The number of nitrogens with zero attached hydrogens (tertiary/aromatic N) is 2. The van der Waals surface area contributed by atoms with E-state index < -0.39 is 5.83 Å². The Morgan fingerprint density at radius 2 is 1.71 bits per heavy atom. The second kappa shape index (κ2) is 15.7. The van der Waals surface area contributed by atoms with E-state index >= 15 is 4.39 Å². The maximum atomic E-state index is 15.9. The van der Waals surface area contributed by atoms with Crippen LogP contribution in [0.5, 0.6) is 0 Å². The smallest absolute Gasteiger partial charge is 0.136 e. The van der Waals surface area contributed by atoms with Gasteiger partial charge in [-0.3, -0.25) is 9.97 Å². The molecule has 3 rings (SSSR count). The zero-order valence-corrected chi connectivity index (χ0v) is 24.8. The van der Waals surface area contributed by atoms with E-state index in [1.165, 1.54) is 12.1 Å². The third-order valence-electron chi connectivity index (χ3n) is 6.28. The van der Waals surface area contributed by atoms with Gasteiger partial charge in [0.25, 0.3) is 0 Å². The van der Waals surface area contributed by atoms with Crippen LogP contribution >= 0.6 is 0 Å². The number of allylic oxidation sites excluding steroid dienone is 6. The highest BCUT2D eigenvalue weighted by molar-refractivity contribution is 5.78. The summed E-state index contributed by atoms with van der Waals surface area (Å²) < 4.78 is 29.3. The number of hydrogen-bond acceptors (Lipinski definition) is 5. The highest BCUT2D eigenvalue weighted by atomic mass is 19.1. The van der Waals surface area contributed by atoms with Crippen LogP contribution in [0, 0.1) is 31.5 Å². The molecule has 42 heavy (non-hydrogen) atoms. The van der Waals surface area contributed by atoms with Crippen molar-refractivity contribution < 1.29 is 8.78 Å². The average Bonchev–Trinajstić information content (AvgIpc) is 2.97. The fraction of sp³-hybridized carbons (Fsp3) is 0.200. The molecule has 2 heterocycles. The molecule has 7 heteroatoms. The first kappa shape index (κ1) is 33.2. The monoisotopic (exact) mass is 567 g/mol. The van der Waals surface area contributed by atoms with E-state index in [1.54, 1.807) is 49.8 Å². The van der Waals surface area contributed by atoms with Crippen molar-refractivity contribution in [3.8, 4) is 24.1 Å². The number of terminal acetylenes is 1. The van der Waals surface area contributed by atoms with Gasteiger partial charge in [-0.15, -0.1) is 12.8 Å². The molecule has 5 nitrogen and oxygen atoms in total. The number of rotatable bonds is 12. The van der Waals surface area contributed by atoms with E-state index in [1.807, 2.05) is 13.0 Å². The summed E-state index contributed by atoms with van der Waals surface area (Å²) in [6, 6.07) is 9.74. The van der Waals surface area contributed by atoms with Crippen molar-refractivity contribution in [2.45, 2.75) is 40.5 Å². The normalized spacial score (nSPS) is 11.6. The maximum Gasteiger partial charge on any atom is 0.136 e. The number of hydrogen-bond donors (Lipinski definition) is 3. The second-order valence-corrected chi connectivity index (χ2v) is 10.0. The molecule has 0 bridgehead atoms. The summed E-state index contributed by atoms with van der Waals surface area (Å²) in [6.45, 7) is 20.0. The lowest BCUT2D eigenvalue weighted by atomic mass is 9.99. The molecule has 0 aliphatic rings. The van der Waals surface area contributed by atoms with Crippen LogP contribution in [0.25, 0.3) is 16.8 Å². The van der Waals surface area contributed by atoms with E-state index in [4.69, 9.17) is 5.73 Å². The van der Waals surface area contributed by atoms with Crippen LogP contribution in [-0.2, 0) is 0 Å². The Morgan fingerprint density at radius 3 is 2.33 bits per heavy atom. The molecule has 0 aliphatic heterocycles. The maximum absolute atomic E-state index is 15.9. The summed E-state index contributed by atoms with van der Waals surface area (Å²) >= 11 is 0. The van der Waals surface area contributed by atoms with Crippen LogP contribution in [0.4, 0.5) is 20.2 Å². The fourth-order valence-corrected chi connectivity index (χ4v) is 4.23. The number of nitrogens with one attached hydrogen (secondary N) is 2. The van der Waals surface area contributed by atoms with Crippen LogP contribution < -0.4 is 16.4 Å². The first-order valence-electron chi connectivity index (χ1n) is 13.4. The zero-order chi connectivity index (χ0) is 31.4. The lowest BCUT2D eigenvalue weighted by Gasteiger charge is -2.18. The van der Waals surface area contributed by atoms with Gasteiger partial charge in [0.1, 0.15) is 11.6 Å². The highest BCUT2D eigenvalue weighted by Gasteiger charge is 2.17. The van der Waals surface area contributed by atoms with Gasteiger partial charge < -0.3 is 16.4 Å². The minimum Gasteiger partial charge on any atom is -0.399 e. The first-order chi connectivity index (χ1) is 20.0. The van der Waals surface area contributed by atoms with Gasteiger partial charge >= 0.3 is 0 Å². The molecule has 0 fully saturated rings. The summed E-state index contributed by atoms with van der Waals surface area (Å²) in [5.74, 6) is -0.411. The molecule has 3 aromatic rings. The van der Waals surface area contributed by atoms with Crippen molar-refractivity contribution in [3.05, 3.63) is 126 Å². The van der Waals surface area contributed by atoms with Gasteiger partial charge in [-0.25, -0.2) is 8.78 Å². The Morgan fingerprint density at radius 1 is 1.05 bits per heavy atom. The molecule has 2 aromatic heterocycles. The van der Waals surface area contributed by atoms with Gasteiger partial charge in [0.2, 0.25) is 0 Å². The molecule has 0 saturated heterocycles. The minimum atomic E-state index is -0.544. The van der Waals surface area contributed by atoms with Gasteiger partial charge in [0, 0.05) is 63.9 Å². The molecule has 0 atom stereocenters. The van der Waals surface area contributed by atoms with E-state index in [2.05, 4.69) is 67.0 Å². The van der Waals surface area contributed by atoms with Crippen molar-refractivity contribution in [1.82, 2.24) is 9.97 Å². The molecule has 1 aromatic carbocycles. The molecular formula is C35H39F2N5. The highest BCUT2D eigenvalue weighted by Crippen LogP contribution is 2.33. The van der Waals surface area contributed by atoms with Gasteiger partial charge in [-0.2, -0.15) is 0 Å². The summed E-state index contributed by atoms with van der Waals surface area (Å²) in [5, 5.41) is 6.50. The Bertz CT molecular complexity index is 1510. The third kappa shape index (κ3) is 9.03. The van der Waals surface area contributed by atoms with Crippen LogP contribution in [0.15, 0.2) is 109 Å². The number of halogens is 2. The van der Waals surface area contributed by atoms with Crippen LogP contribution in [-0.4, -0.2) is 9.97 Å². The average molecular weight is 568 g/mol. The lowest BCUT2D eigenvalue weighted by Crippen LogP contribution is -2.09. The molecule has 0 saturated carbocycles. The van der Waals surface area contributed by atoms with Crippen LogP contribution in [0.3, 0.4) is 0 Å². The van der Waals surface area contributed by atoms with E-state index in [0.717, 1.165) is 28.9 Å². The number of anilines is 2. The molecule has 0 amide bonds. The Balaban J connectivity index is 0.00000301. The van der Waals surface area contributed by atoms with Crippen LogP contribution in [0.1, 0.15) is 44.7 Å². The summed E-state index contributed by atoms with van der Waals surface area (Å²) in [5.41, 5.74) is 12.6. The third-order valence-corrected chi connectivity index (χ3v) is 6.28. The summed E-state index contributed by atoms with van der Waals surface area (Å²) in [4.78, 5) is 8.71. The van der Waals surface area contributed by atoms with Crippen molar-refractivity contribution >= 4 is 16.9 Å². The molecule has 0 spiro atoms. The van der Waals surface area contributed by atoms with Crippen molar-refractivity contribution in [2.75, 3.05) is 10.6 Å². The topological polar surface area (TPSA) is 75.9 Å². The molecule has 0 radical (unpaired) electrons. The molecule has 4 N–H and O–H groups in total. The lowest BCUT2D eigenvalue weighted by molar-refractivity contribution is 0.628. The van der Waals surface area contributed by atoms with E-state index in [0.29, 0.717) is 28.6 Å². The molecule has 218 valence electrons. The van der Waals surface area contributed by atoms with Crippen LogP contribution in [0.2, 0.25) is 0 Å². The predicted octanol–water partition coefficient (Wildman–Crippen LogP) is 8.93. The number of benzene rings is 1. The van der Waals surface area contributed by atoms with E-state index in [9.17, 15) is 4.39 Å². The van der Waals surface area contributed by atoms with Gasteiger partial charge in [0.15, 0.2) is 0 Å². The second-order valence-electron chi connectivity index (χ2n) is 10.0. The largest absolute Gasteiger partial charge is 0.399 e. The minimum absolute atomic E-state index is 0.116. The van der Waals surface area contributed by atoms with E-state index in [-0.39, 0.29) is 29.1 Å². The van der Waals surface area contributed by atoms with Crippen molar-refractivity contribution in [2.24, 2.45) is 11.7 Å². The number of aromatic nitrogens is 2. The van der Waals surface area contributed by atoms with Crippen molar-refractivity contribution in [1.29, 1.82) is 0 Å². The molecule has 0 aliphatic carbocycles.